The summed E-state index contributed by atoms with van der Waals surface area (Å²) < 4.78 is 0. The Morgan fingerprint density at radius 1 is 1.00 bits per heavy atom. The van der Waals surface area contributed by atoms with Gasteiger partial charge in [-0.3, -0.25) is 0 Å². The zero-order valence-electron chi connectivity index (χ0n) is 11.4. The number of imidazole rings is 1. The van der Waals surface area contributed by atoms with Gasteiger partial charge in [0.25, 0.3) is 0 Å². The Morgan fingerprint density at radius 3 is 2.60 bits per heavy atom. The molecule has 0 radical (unpaired) electrons. The fourth-order valence-electron chi connectivity index (χ4n) is 2.21. The van der Waals surface area contributed by atoms with E-state index >= 15 is 0 Å². The molecule has 1 aromatic heterocycles. The van der Waals surface area contributed by atoms with Gasteiger partial charge in [-0.05, 0) is 19.1 Å². The SMILES string of the molecule is CCNc1cccc(-c2c[nH]c(-c3ccccc3)n2)c1. The van der Waals surface area contributed by atoms with E-state index in [0.717, 1.165) is 34.9 Å². The van der Waals surface area contributed by atoms with Gasteiger partial charge in [-0.2, -0.15) is 0 Å². The van der Waals surface area contributed by atoms with Crippen molar-refractivity contribution in [2.45, 2.75) is 6.92 Å². The van der Waals surface area contributed by atoms with Gasteiger partial charge in [0.1, 0.15) is 5.82 Å². The van der Waals surface area contributed by atoms with Crippen LogP contribution in [0.4, 0.5) is 5.69 Å². The molecular formula is C17H17N3. The molecule has 0 aliphatic carbocycles. The molecule has 0 bridgehead atoms. The number of H-pyrrole nitrogens is 1. The number of nitrogens with zero attached hydrogens (tertiary/aromatic N) is 1. The number of benzene rings is 2. The van der Waals surface area contributed by atoms with Crippen molar-refractivity contribution in [1.82, 2.24) is 9.97 Å². The number of anilines is 1. The van der Waals surface area contributed by atoms with Gasteiger partial charge in [0.15, 0.2) is 0 Å². The average molecular weight is 263 g/mol. The van der Waals surface area contributed by atoms with Crippen molar-refractivity contribution in [3.63, 3.8) is 0 Å². The zero-order chi connectivity index (χ0) is 13.8. The molecular weight excluding hydrogens is 246 g/mol. The van der Waals surface area contributed by atoms with Gasteiger partial charge in [-0.25, -0.2) is 4.98 Å². The summed E-state index contributed by atoms with van der Waals surface area (Å²) in [5.74, 6) is 0.898. The summed E-state index contributed by atoms with van der Waals surface area (Å²) in [4.78, 5) is 7.91. The Labute approximate surface area is 118 Å². The minimum atomic E-state index is 0.898. The normalized spacial score (nSPS) is 10.4. The third kappa shape index (κ3) is 2.57. The van der Waals surface area contributed by atoms with Gasteiger partial charge >= 0.3 is 0 Å². The number of hydrogen-bond acceptors (Lipinski definition) is 2. The highest BCUT2D eigenvalue weighted by Gasteiger charge is 2.06. The van der Waals surface area contributed by atoms with Crippen molar-refractivity contribution < 1.29 is 0 Å². The molecule has 100 valence electrons. The van der Waals surface area contributed by atoms with Gasteiger partial charge < -0.3 is 10.3 Å². The lowest BCUT2D eigenvalue weighted by atomic mass is 10.1. The van der Waals surface area contributed by atoms with Gasteiger partial charge in [-0.1, -0.05) is 42.5 Å². The van der Waals surface area contributed by atoms with Gasteiger partial charge in [0.2, 0.25) is 0 Å². The molecule has 0 fully saturated rings. The molecule has 0 saturated carbocycles. The van der Waals surface area contributed by atoms with Crippen LogP contribution in [0.25, 0.3) is 22.6 Å². The number of rotatable bonds is 4. The zero-order valence-corrected chi connectivity index (χ0v) is 11.4. The molecule has 0 aliphatic heterocycles. The summed E-state index contributed by atoms with van der Waals surface area (Å²) in [5.41, 5.74) is 4.29. The van der Waals surface area contributed by atoms with E-state index in [1.807, 2.05) is 30.5 Å². The summed E-state index contributed by atoms with van der Waals surface area (Å²) in [6.45, 7) is 3.01. The first-order valence-corrected chi connectivity index (χ1v) is 6.82. The Bertz CT molecular complexity index is 686. The molecule has 2 aromatic carbocycles. The predicted octanol–water partition coefficient (Wildman–Crippen LogP) is 4.18. The minimum Gasteiger partial charge on any atom is -0.385 e. The first-order chi connectivity index (χ1) is 9.86. The van der Waals surface area contributed by atoms with Crippen molar-refractivity contribution in [2.75, 3.05) is 11.9 Å². The second-order valence-electron chi connectivity index (χ2n) is 4.61. The lowest BCUT2D eigenvalue weighted by Gasteiger charge is -2.04. The van der Waals surface area contributed by atoms with Crippen LogP contribution < -0.4 is 5.32 Å². The highest BCUT2D eigenvalue weighted by molar-refractivity contribution is 5.67. The molecule has 0 aliphatic rings. The van der Waals surface area contributed by atoms with Crippen LogP contribution in [-0.4, -0.2) is 16.5 Å². The van der Waals surface area contributed by atoms with Gasteiger partial charge in [-0.15, -0.1) is 0 Å². The third-order valence-corrected chi connectivity index (χ3v) is 3.16. The van der Waals surface area contributed by atoms with Crippen molar-refractivity contribution in [3.05, 3.63) is 60.8 Å². The lowest BCUT2D eigenvalue weighted by molar-refractivity contribution is 1.21. The Hall–Kier alpha value is -2.55. The molecule has 1 heterocycles. The van der Waals surface area contributed by atoms with Gasteiger partial charge in [0.05, 0.1) is 5.69 Å². The molecule has 3 aromatic rings. The first-order valence-electron chi connectivity index (χ1n) is 6.82. The fraction of sp³-hybridized carbons (Fsp3) is 0.118. The molecule has 0 atom stereocenters. The third-order valence-electron chi connectivity index (χ3n) is 3.16. The molecule has 2 N–H and O–H groups in total. The minimum absolute atomic E-state index is 0.898. The van der Waals surface area contributed by atoms with Crippen molar-refractivity contribution in [2.24, 2.45) is 0 Å². The summed E-state index contributed by atoms with van der Waals surface area (Å²) >= 11 is 0. The van der Waals surface area contributed by atoms with Crippen LogP contribution >= 0.6 is 0 Å². The molecule has 3 nitrogen and oxygen atoms in total. The van der Waals surface area contributed by atoms with Crippen LogP contribution in [0, 0.1) is 0 Å². The molecule has 0 spiro atoms. The van der Waals surface area contributed by atoms with Crippen LogP contribution in [0.15, 0.2) is 60.8 Å². The van der Waals surface area contributed by atoms with Crippen molar-refractivity contribution in [3.8, 4) is 22.6 Å². The molecule has 20 heavy (non-hydrogen) atoms. The summed E-state index contributed by atoms with van der Waals surface area (Å²) in [5, 5.41) is 3.32. The maximum Gasteiger partial charge on any atom is 0.138 e. The summed E-state index contributed by atoms with van der Waals surface area (Å²) in [6, 6.07) is 18.5. The quantitative estimate of drug-likeness (QED) is 0.741. The lowest BCUT2D eigenvalue weighted by Crippen LogP contribution is -1.95. The smallest absolute Gasteiger partial charge is 0.138 e. The van der Waals surface area contributed by atoms with E-state index in [1.165, 1.54) is 0 Å². The van der Waals surface area contributed by atoms with E-state index in [2.05, 4.69) is 52.5 Å². The van der Waals surface area contributed by atoms with Crippen LogP contribution in [0.1, 0.15) is 6.92 Å². The maximum absolute atomic E-state index is 4.67. The first kappa shape index (κ1) is 12.5. The van der Waals surface area contributed by atoms with Crippen LogP contribution in [0.2, 0.25) is 0 Å². The Balaban J connectivity index is 1.92. The Morgan fingerprint density at radius 2 is 1.80 bits per heavy atom. The van der Waals surface area contributed by atoms with E-state index in [-0.39, 0.29) is 0 Å². The summed E-state index contributed by atoms with van der Waals surface area (Å²) in [6.07, 6.45) is 1.95. The number of hydrogen-bond donors (Lipinski definition) is 2. The van der Waals surface area contributed by atoms with Crippen molar-refractivity contribution in [1.29, 1.82) is 0 Å². The molecule has 3 heteroatoms. The monoisotopic (exact) mass is 263 g/mol. The maximum atomic E-state index is 4.67. The fourth-order valence-corrected chi connectivity index (χ4v) is 2.21. The molecule has 3 rings (SSSR count). The van der Waals surface area contributed by atoms with E-state index in [4.69, 9.17) is 0 Å². The largest absolute Gasteiger partial charge is 0.385 e. The van der Waals surface area contributed by atoms with Crippen molar-refractivity contribution >= 4 is 5.69 Å². The molecule has 0 unspecified atom stereocenters. The Kier molecular flexibility index (Phi) is 3.50. The highest BCUT2D eigenvalue weighted by Crippen LogP contribution is 2.24. The average Bonchev–Trinajstić information content (AvgIpc) is 2.99. The molecule has 0 amide bonds. The second-order valence-corrected chi connectivity index (χ2v) is 4.61. The predicted molar refractivity (Wildman–Crippen MR) is 83.6 cm³/mol. The van der Waals surface area contributed by atoms with E-state index in [0.29, 0.717) is 0 Å². The highest BCUT2D eigenvalue weighted by atomic mass is 14.9. The van der Waals surface area contributed by atoms with Crippen LogP contribution in [0.3, 0.4) is 0 Å². The van der Waals surface area contributed by atoms with Gasteiger partial charge in [0, 0.05) is 29.6 Å². The van der Waals surface area contributed by atoms with Crippen LogP contribution in [-0.2, 0) is 0 Å². The number of aromatic amines is 1. The van der Waals surface area contributed by atoms with E-state index in [1.54, 1.807) is 0 Å². The summed E-state index contributed by atoms with van der Waals surface area (Å²) in [7, 11) is 0. The molecule has 0 saturated heterocycles. The topological polar surface area (TPSA) is 40.7 Å². The van der Waals surface area contributed by atoms with E-state index in [9.17, 15) is 0 Å². The number of nitrogens with one attached hydrogen (secondary N) is 2. The second kappa shape index (κ2) is 5.61. The van der Waals surface area contributed by atoms with Crippen LogP contribution in [0.5, 0.6) is 0 Å². The standard InChI is InChI=1S/C17H17N3/c1-2-18-15-10-6-9-14(11-15)16-12-19-17(20-16)13-7-4-3-5-8-13/h3-12,18H,2H2,1H3,(H,19,20). The van der Waals surface area contributed by atoms with E-state index < -0.39 is 0 Å². The number of aromatic nitrogens is 2.